The van der Waals surface area contributed by atoms with Gasteiger partial charge in [0, 0.05) is 12.8 Å². The van der Waals surface area contributed by atoms with E-state index in [4.69, 9.17) is 9.47 Å². The summed E-state index contributed by atoms with van der Waals surface area (Å²) in [6.45, 7) is 0. The predicted molar refractivity (Wildman–Crippen MR) is 82.1 cm³/mol. The lowest BCUT2D eigenvalue weighted by Gasteiger charge is -2.26. The van der Waals surface area contributed by atoms with E-state index in [0.29, 0.717) is 0 Å². The molecule has 0 heterocycles. The van der Waals surface area contributed by atoms with Crippen molar-refractivity contribution in [3.63, 3.8) is 0 Å². The second-order valence-corrected chi connectivity index (χ2v) is 4.58. The van der Waals surface area contributed by atoms with Gasteiger partial charge in [0.15, 0.2) is 6.10 Å². The van der Waals surface area contributed by atoms with Gasteiger partial charge >= 0.3 is 5.97 Å². The van der Waals surface area contributed by atoms with Crippen LogP contribution < -0.4 is 5.32 Å². The Morgan fingerprint density at radius 1 is 0.952 bits per heavy atom. The number of para-hydroxylation sites is 1. The molecule has 0 aliphatic heterocycles. The predicted octanol–water partition coefficient (Wildman–Crippen LogP) is 3.03. The molecule has 0 fully saturated rings. The Balaban J connectivity index is 2.32. The van der Waals surface area contributed by atoms with E-state index in [-0.39, 0.29) is 6.04 Å². The van der Waals surface area contributed by atoms with E-state index in [1.807, 2.05) is 60.7 Å². The Morgan fingerprint density at radius 3 is 2.05 bits per heavy atom. The fourth-order valence-electron chi connectivity index (χ4n) is 2.19. The van der Waals surface area contributed by atoms with Crippen LogP contribution in [0.5, 0.6) is 0 Å². The quantitative estimate of drug-likeness (QED) is 0.829. The number of nitrogens with one attached hydrogen (secondary N) is 1. The Kier molecular flexibility index (Phi) is 5.35. The van der Waals surface area contributed by atoms with Crippen LogP contribution in [0.3, 0.4) is 0 Å². The average molecular weight is 285 g/mol. The van der Waals surface area contributed by atoms with Gasteiger partial charge in [-0.05, 0) is 17.7 Å². The van der Waals surface area contributed by atoms with Gasteiger partial charge in [-0.3, -0.25) is 0 Å². The second kappa shape index (κ2) is 7.45. The minimum absolute atomic E-state index is 0.328. The molecule has 0 bridgehead atoms. The summed E-state index contributed by atoms with van der Waals surface area (Å²) in [7, 11) is 2.86. The number of hydrogen-bond donors (Lipinski definition) is 1. The number of carbonyl (C=O) groups is 1. The van der Waals surface area contributed by atoms with E-state index in [1.54, 1.807) is 0 Å². The van der Waals surface area contributed by atoms with Crippen LogP contribution in [0.4, 0.5) is 5.69 Å². The highest BCUT2D eigenvalue weighted by atomic mass is 16.6. The van der Waals surface area contributed by atoms with Gasteiger partial charge in [-0.2, -0.15) is 0 Å². The van der Waals surface area contributed by atoms with Crippen LogP contribution in [0.1, 0.15) is 11.6 Å². The van der Waals surface area contributed by atoms with Gasteiger partial charge in [0.25, 0.3) is 0 Å². The topological polar surface area (TPSA) is 47.6 Å². The zero-order chi connectivity index (χ0) is 15.1. The molecule has 110 valence electrons. The normalized spacial score (nSPS) is 13.2. The van der Waals surface area contributed by atoms with Gasteiger partial charge in [0.1, 0.15) is 0 Å². The van der Waals surface area contributed by atoms with Crippen molar-refractivity contribution in [3.05, 3.63) is 66.2 Å². The van der Waals surface area contributed by atoms with Crippen LogP contribution in [0, 0.1) is 0 Å². The van der Waals surface area contributed by atoms with E-state index in [1.165, 1.54) is 14.2 Å². The third kappa shape index (κ3) is 3.83. The summed E-state index contributed by atoms with van der Waals surface area (Å²) in [6.07, 6.45) is -0.724. The van der Waals surface area contributed by atoms with Crippen molar-refractivity contribution in [2.24, 2.45) is 0 Å². The second-order valence-electron chi connectivity index (χ2n) is 4.58. The summed E-state index contributed by atoms with van der Waals surface area (Å²) < 4.78 is 10.2. The maximum absolute atomic E-state index is 12.0. The molecule has 2 atom stereocenters. The zero-order valence-corrected chi connectivity index (χ0v) is 12.2. The molecule has 4 nitrogen and oxygen atoms in total. The van der Waals surface area contributed by atoms with Crippen LogP contribution in [-0.2, 0) is 14.3 Å². The first-order chi connectivity index (χ1) is 10.3. The lowest BCUT2D eigenvalue weighted by Crippen LogP contribution is -2.35. The van der Waals surface area contributed by atoms with Crippen molar-refractivity contribution in [1.82, 2.24) is 0 Å². The molecule has 0 radical (unpaired) electrons. The lowest BCUT2D eigenvalue weighted by atomic mass is 10.0. The molecule has 0 aliphatic rings. The van der Waals surface area contributed by atoms with E-state index in [2.05, 4.69) is 5.32 Å². The first-order valence-electron chi connectivity index (χ1n) is 6.73. The van der Waals surface area contributed by atoms with E-state index < -0.39 is 12.1 Å². The van der Waals surface area contributed by atoms with Gasteiger partial charge in [-0.15, -0.1) is 0 Å². The minimum atomic E-state index is -0.724. The number of anilines is 1. The molecular weight excluding hydrogens is 266 g/mol. The molecule has 2 aromatic rings. The molecule has 2 aromatic carbocycles. The van der Waals surface area contributed by atoms with Gasteiger partial charge in [0.2, 0.25) is 0 Å². The molecule has 2 rings (SSSR count). The molecule has 4 heteroatoms. The number of hydrogen-bond acceptors (Lipinski definition) is 4. The summed E-state index contributed by atoms with van der Waals surface area (Å²) in [5.74, 6) is -0.408. The van der Waals surface area contributed by atoms with Crippen LogP contribution in [0.2, 0.25) is 0 Å². The first-order valence-corrected chi connectivity index (χ1v) is 6.73. The zero-order valence-electron chi connectivity index (χ0n) is 12.2. The molecule has 0 spiro atoms. The number of esters is 1. The summed E-state index contributed by atoms with van der Waals surface area (Å²) in [5.41, 5.74) is 1.87. The Bertz CT molecular complexity index is 557. The van der Waals surface area contributed by atoms with E-state index in [9.17, 15) is 4.79 Å². The van der Waals surface area contributed by atoms with Crippen LogP contribution in [0.25, 0.3) is 0 Å². The number of methoxy groups -OCH3 is 2. The van der Waals surface area contributed by atoms with E-state index in [0.717, 1.165) is 11.3 Å². The maximum atomic E-state index is 12.0. The van der Waals surface area contributed by atoms with Crippen molar-refractivity contribution < 1.29 is 14.3 Å². The number of rotatable bonds is 6. The van der Waals surface area contributed by atoms with E-state index >= 15 is 0 Å². The molecule has 0 amide bonds. The van der Waals surface area contributed by atoms with Gasteiger partial charge in [-0.25, -0.2) is 4.79 Å². The van der Waals surface area contributed by atoms with Gasteiger partial charge < -0.3 is 14.8 Å². The largest absolute Gasteiger partial charge is 0.467 e. The summed E-state index contributed by atoms with van der Waals surface area (Å²) in [5, 5.41) is 3.34. The number of carbonyl (C=O) groups excluding carboxylic acids is 1. The van der Waals surface area contributed by atoms with Gasteiger partial charge in [0.05, 0.1) is 13.2 Å². The Hall–Kier alpha value is -2.33. The average Bonchev–Trinajstić information content (AvgIpc) is 2.56. The molecule has 0 unspecified atom stereocenters. The van der Waals surface area contributed by atoms with Crippen LogP contribution in [0.15, 0.2) is 60.7 Å². The van der Waals surface area contributed by atoms with Crippen molar-refractivity contribution in [1.29, 1.82) is 0 Å². The van der Waals surface area contributed by atoms with Crippen LogP contribution in [-0.4, -0.2) is 26.3 Å². The number of benzene rings is 2. The third-order valence-electron chi connectivity index (χ3n) is 3.24. The molecule has 0 saturated heterocycles. The highest BCUT2D eigenvalue weighted by molar-refractivity contribution is 5.76. The van der Waals surface area contributed by atoms with Crippen LogP contribution >= 0.6 is 0 Å². The monoisotopic (exact) mass is 285 g/mol. The molecule has 0 aromatic heterocycles. The standard InChI is InChI=1S/C17H19NO3/c1-20-16(17(19)21-2)15(13-9-5-3-6-10-13)18-14-11-7-4-8-12-14/h3-12,15-16,18H,1-2H3/t15-,16-/m1/s1. The summed E-state index contributed by atoms with van der Waals surface area (Å²) in [6, 6.07) is 19.1. The number of ether oxygens (including phenoxy) is 2. The molecule has 0 saturated carbocycles. The van der Waals surface area contributed by atoms with Gasteiger partial charge in [-0.1, -0.05) is 48.5 Å². The van der Waals surface area contributed by atoms with Crippen molar-refractivity contribution in [3.8, 4) is 0 Å². The Morgan fingerprint density at radius 2 is 1.52 bits per heavy atom. The lowest BCUT2D eigenvalue weighted by molar-refractivity contribution is -0.153. The fraction of sp³-hybridized carbons (Fsp3) is 0.235. The summed E-state index contributed by atoms with van der Waals surface area (Å²) in [4.78, 5) is 12.0. The maximum Gasteiger partial charge on any atom is 0.337 e. The molecule has 21 heavy (non-hydrogen) atoms. The van der Waals surface area contributed by atoms with Crippen molar-refractivity contribution in [2.75, 3.05) is 19.5 Å². The smallest absolute Gasteiger partial charge is 0.337 e. The highest BCUT2D eigenvalue weighted by Gasteiger charge is 2.30. The third-order valence-corrected chi connectivity index (χ3v) is 3.24. The highest BCUT2D eigenvalue weighted by Crippen LogP contribution is 2.25. The first kappa shape index (κ1) is 15.1. The molecule has 1 N–H and O–H groups in total. The van der Waals surface area contributed by atoms with Crippen molar-refractivity contribution >= 4 is 11.7 Å². The fourth-order valence-corrected chi connectivity index (χ4v) is 2.19. The SMILES string of the molecule is COC(=O)[C@H](OC)[C@H](Nc1ccccc1)c1ccccc1. The van der Waals surface area contributed by atoms with Crippen molar-refractivity contribution in [2.45, 2.75) is 12.1 Å². The molecular formula is C17H19NO3. The molecule has 0 aliphatic carbocycles. The minimum Gasteiger partial charge on any atom is -0.467 e. The Labute approximate surface area is 124 Å². The summed E-state index contributed by atoms with van der Waals surface area (Å²) >= 11 is 0.